The summed E-state index contributed by atoms with van der Waals surface area (Å²) in [5.74, 6) is 0.00593. The van der Waals surface area contributed by atoms with Crippen molar-refractivity contribution in [3.63, 3.8) is 0 Å². The lowest BCUT2D eigenvalue weighted by molar-refractivity contribution is 0.103. The second kappa shape index (κ2) is 5.65. The van der Waals surface area contributed by atoms with Gasteiger partial charge in [0.15, 0.2) is 5.78 Å². The number of carbonyl (C=O) groups is 1. The Hall–Kier alpha value is -2.16. The van der Waals surface area contributed by atoms with Crippen molar-refractivity contribution < 1.29 is 4.79 Å². The van der Waals surface area contributed by atoms with E-state index >= 15 is 0 Å². The van der Waals surface area contributed by atoms with Crippen LogP contribution in [0.15, 0.2) is 48.3 Å². The number of pyridine rings is 1. The molecular formula is C16H18N2O. The fourth-order valence-corrected chi connectivity index (χ4v) is 2.13. The topological polar surface area (TPSA) is 42.0 Å². The van der Waals surface area contributed by atoms with E-state index in [1.165, 1.54) is 0 Å². The molecule has 0 aliphatic carbocycles. The third-order valence-electron chi connectivity index (χ3n) is 3.12. The molecule has 2 rings (SSSR count). The average molecular weight is 254 g/mol. The lowest BCUT2D eigenvalue weighted by Gasteiger charge is -2.15. The highest BCUT2D eigenvalue weighted by Crippen LogP contribution is 2.19. The van der Waals surface area contributed by atoms with Crippen LogP contribution < -0.4 is 5.32 Å². The lowest BCUT2D eigenvalue weighted by atomic mass is 9.96. The highest BCUT2D eigenvalue weighted by Gasteiger charge is 2.19. The van der Waals surface area contributed by atoms with Crippen molar-refractivity contribution in [3.8, 4) is 0 Å². The number of rotatable bonds is 4. The molecule has 19 heavy (non-hydrogen) atoms. The van der Waals surface area contributed by atoms with Crippen LogP contribution in [0, 0.1) is 6.92 Å². The molecule has 0 atom stereocenters. The van der Waals surface area contributed by atoms with Crippen molar-refractivity contribution in [2.75, 3.05) is 6.54 Å². The van der Waals surface area contributed by atoms with Gasteiger partial charge in [-0.05, 0) is 31.1 Å². The van der Waals surface area contributed by atoms with Crippen molar-refractivity contribution in [1.29, 1.82) is 0 Å². The molecule has 0 amide bonds. The monoisotopic (exact) mass is 254 g/mol. The molecule has 0 bridgehead atoms. The molecule has 0 unspecified atom stereocenters. The Kier molecular flexibility index (Phi) is 3.95. The number of Topliss-reactive ketones (excluding diaryl/α,β-unsaturated/α-hetero) is 1. The third kappa shape index (κ3) is 2.65. The number of aryl methyl sites for hydroxylation is 2. The second-order valence-corrected chi connectivity index (χ2v) is 4.50. The van der Waals surface area contributed by atoms with Crippen LogP contribution in [-0.2, 0) is 6.42 Å². The number of dihydropyridines is 1. The first kappa shape index (κ1) is 13.3. The first-order valence-corrected chi connectivity index (χ1v) is 6.44. The maximum atomic E-state index is 12.7. The van der Waals surface area contributed by atoms with Crippen LogP contribution in [0.1, 0.15) is 28.5 Å². The molecular weight excluding hydrogens is 236 g/mol. The van der Waals surface area contributed by atoms with E-state index in [4.69, 9.17) is 0 Å². The van der Waals surface area contributed by atoms with E-state index in [-0.39, 0.29) is 5.78 Å². The zero-order valence-electron chi connectivity index (χ0n) is 11.4. The smallest absolute Gasteiger partial charge is 0.196 e. The average Bonchev–Trinajstić information content (AvgIpc) is 2.46. The maximum absolute atomic E-state index is 12.7. The summed E-state index contributed by atoms with van der Waals surface area (Å²) in [6, 6.07) is 1.91. The highest BCUT2D eigenvalue weighted by atomic mass is 16.1. The number of allylic oxidation sites excluding steroid dienone is 3. The number of aromatic nitrogens is 1. The minimum atomic E-state index is 0.00593. The van der Waals surface area contributed by atoms with Crippen molar-refractivity contribution in [2.45, 2.75) is 20.3 Å². The van der Waals surface area contributed by atoms with Crippen LogP contribution in [0.2, 0.25) is 0 Å². The minimum absolute atomic E-state index is 0.00593. The summed E-state index contributed by atoms with van der Waals surface area (Å²) in [6.45, 7) is 8.43. The highest BCUT2D eigenvalue weighted by molar-refractivity contribution is 6.12. The van der Waals surface area contributed by atoms with E-state index in [9.17, 15) is 4.79 Å². The van der Waals surface area contributed by atoms with E-state index in [0.717, 1.165) is 29.9 Å². The van der Waals surface area contributed by atoms with E-state index < -0.39 is 0 Å². The van der Waals surface area contributed by atoms with Gasteiger partial charge in [0.2, 0.25) is 0 Å². The summed E-state index contributed by atoms with van der Waals surface area (Å²) in [4.78, 5) is 17.0. The van der Waals surface area contributed by atoms with E-state index in [0.29, 0.717) is 11.1 Å². The maximum Gasteiger partial charge on any atom is 0.196 e. The molecule has 0 aromatic carbocycles. The lowest BCUT2D eigenvalue weighted by Crippen LogP contribution is -2.21. The fourth-order valence-electron chi connectivity index (χ4n) is 2.13. The molecule has 0 fully saturated rings. The predicted molar refractivity (Wildman–Crippen MR) is 77.0 cm³/mol. The van der Waals surface area contributed by atoms with Gasteiger partial charge >= 0.3 is 0 Å². The van der Waals surface area contributed by atoms with E-state index in [1.807, 2.05) is 32.1 Å². The molecule has 1 aromatic rings. The Morgan fingerprint density at radius 1 is 1.58 bits per heavy atom. The van der Waals surface area contributed by atoms with Crippen LogP contribution in [0.5, 0.6) is 0 Å². The van der Waals surface area contributed by atoms with Gasteiger partial charge in [-0.15, -0.1) is 0 Å². The predicted octanol–water partition coefficient (Wildman–Crippen LogP) is 2.73. The van der Waals surface area contributed by atoms with Crippen LogP contribution in [0.4, 0.5) is 0 Å². The Morgan fingerprint density at radius 3 is 3.05 bits per heavy atom. The molecule has 3 heteroatoms. The SMILES string of the molecule is C=CC1=C(C(=O)c2cc(C)cnc2CC)C=CCN1. The largest absolute Gasteiger partial charge is 0.381 e. The molecule has 0 spiro atoms. The first-order chi connectivity index (χ1) is 9.17. The van der Waals surface area contributed by atoms with Gasteiger partial charge in [0.05, 0.1) is 5.69 Å². The Morgan fingerprint density at radius 2 is 2.37 bits per heavy atom. The molecule has 1 aromatic heterocycles. The minimum Gasteiger partial charge on any atom is -0.381 e. The summed E-state index contributed by atoms with van der Waals surface area (Å²) in [7, 11) is 0. The third-order valence-corrected chi connectivity index (χ3v) is 3.12. The van der Waals surface area contributed by atoms with Crippen LogP contribution in [0.25, 0.3) is 0 Å². The molecule has 98 valence electrons. The van der Waals surface area contributed by atoms with Crippen LogP contribution in [0.3, 0.4) is 0 Å². The van der Waals surface area contributed by atoms with Crippen LogP contribution >= 0.6 is 0 Å². The standard InChI is InChI=1S/C16H18N2O/c1-4-14-12(7-6-8-17-14)16(19)13-9-11(3)10-18-15(13)5-2/h4,6-7,9-10,17H,1,5,8H2,2-3H3. The number of hydrogen-bond acceptors (Lipinski definition) is 3. The molecule has 1 aliphatic heterocycles. The van der Waals surface area contributed by atoms with Gasteiger partial charge in [0.25, 0.3) is 0 Å². The quantitative estimate of drug-likeness (QED) is 0.840. The molecule has 1 aliphatic rings. The molecule has 0 saturated carbocycles. The molecule has 3 nitrogen and oxygen atoms in total. The fraction of sp³-hybridized carbons (Fsp3) is 0.250. The molecule has 2 heterocycles. The van der Waals surface area contributed by atoms with Gasteiger partial charge in [-0.3, -0.25) is 9.78 Å². The number of nitrogens with one attached hydrogen (secondary N) is 1. The van der Waals surface area contributed by atoms with Gasteiger partial charge in [-0.25, -0.2) is 0 Å². The number of ketones is 1. The molecule has 0 radical (unpaired) electrons. The molecule has 1 N–H and O–H groups in total. The number of carbonyl (C=O) groups excluding carboxylic acids is 1. The van der Waals surface area contributed by atoms with E-state index in [2.05, 4.69) is 16.9 Å². The summed E-state index contributed by atoms with van der Waals surface area (Å²) in [5.41, 5.74) is 3.96. The zero-order chi connectivity index (χ0) is 13.8. The number of hydrogen-bond donors (Lipinski definition) is 1. The number of nitrogens with zero attached hydrogens (tertiary/aromatic N) is 1. The van der Waals surface area contributed by atoms with Crippen molar-refractivity contribution in [3.05, 3.63) is 65.2 Å². The van der Waals surface area contributed by atoms with Gasteiger partial charge in [-0.1, -0.05) is 25.7 Å². The van der Waals surface area contributed by atoms with Gasteiger partial charge < -0.3 is 5.32 Å². The molecule has 0 saturated heterocycles. The van der Waals surface area contributed by atoms with E-state index in [1.54, 1.807) is 12.3 Å². The van der Waals surface area contributed by atoms with Crippen molar-refractivity contribution in [2.24, 2.45) is 0 Å². The summed E-state index contributed by atoms with van der Waals surface area (Å²) in [5, 5.41) is 3.16. The van der Waals surface area contributed by atoms with Gasteiger partial charge in [0.1, 0.15) is 0 Å². The zero-order valence-corrected chi connectivity index (χ0v) is 11.4. The Balaban J connectivity index is 2.50. The normalized spacial score (nSPS) is 14.2. The summed E-state index contributed by atoms with van der Waals surface area (Å²) >= 11 is 0. The Labute approximate surface area is 113 Å². The van der Waals surface area contributed by atoms with Gasteiger partial charge in [-0.2, -0.15) is 0 Å². The summed E-state index contributed by atoms with van der Waals surface area (Å²) in [6.07, 6.45) is 8.03. The second-order valence-electron chi connectivity index (χ2n) is 4.50. The summed E-state index contributed by atoms with van der Waals surface area (Å²) < 4.78 is 0. The van der Waals surface area contributed by atoms with Crippen molar-refractivity contribution >= 4 is 5.78 Å². The van der Waals surface area contributed by atoms with Crippen LogP contribution in [-0.4, -0.2) is 17.3 Å². The Bertz CT molecular complexity index is 582. The van der Waals surface area contributed by atoms with Crippen molar-refractivity contribution in [1.82, 2.24) is 10.3 Å². The first-order valence-electron chi connectivity index (χ1n) is 6.44. The van der Waals surface area contributed by atoms with Gasteiger partial charge in [0, 0.05) is 29.6 Å².